The van der Waals surface area contributed by atoms with Crippen molar-refractivity contribution in [2.45, 2.75) is 108 Å². The summed E-state index contributed by atoms with van der Waals surface area (Å²) < 4.78 is 0. The summed E-state index contributed by atoms with van der Waals surface area (Å²) >= 11 is 0. The number of hydrogen-bond acceptors (Lipinski definition) is 0. The Morgan fingerprint density at radius 2 is 0.833 bits per heavy atom. The molecule has 0 radical (unpaired) electrons. The Kier molecular flexibility index (Phi) is 32.7. The Morgan fingerprint density at radius 1 is 0.556 bits per heavy atom. The van der Waals surface area contributed by atoms with Crippen molar-refractivity contribution in [3.8, 4) is 0 Å². The lowest BCUT2D eigenvalue weighted by molar-refractivity contribution is 0.180. The zero-order valence-corrected chi connectivity index (χ0v) is 15.6. The Morgan fingerprint density at radius 3 is 1.00 bits per heavy atom. The first-order valence-electron chi connectivity index (χ1n) is 8.61. The molecule has 0 bridgehead atoms. The summed E-state index contributed by atoms with van der Waals surface area (Å²) in [5, 5.41) is 0. The van der Waals surface area contributed by atoms with Crippen LogP contribution in [0.1, 0.15) is 108 Å². The molecule has 0 aliphatic heterocycles. The highest BCUT2D eigenvalue weighted by Crippen LogP contribution is 2.37. The average Bonchev–Trinajstić information content (AvgIpc) is 2.48. The maximum Gasteiger partial charge on any atom is -0.0354 e. The molecule has 116 valence electrons. The van der Waals surface area contributed by atoms with Gasteiger partial charge in [-0.2, -0.15) is 0 Å². The molecule has 0 heteroatoms. The molecule has 1 saturated carbocycles. The van der Waals surface area contributed by atoms with Gasteiger partial charge in [0.2, 0.25) is 0 Å². The van der Waals surface area contributed by atoms with Gasteiger partial charge >= 0.3 is 0 Å². The van der Waals surface area contributed by atoms with Crippen LogP contribution in [-0.4, -0.2) is 0 Å². The zero-order chi connectivity index (χ0) is 15.6. The molecular formula is C18H44. The lowest BCUT2D eigenvalue weighted by Crippen LogP contribution is -2.22. The molecule has 0 nitrogen and oxygen atoms in total. The Hall–Kier alpha value is 0. The molecular weight excluding hydrogens is 216 g/mol. The van der Waals surface area contributed by atoms with Crippen molar-refractivity contribution in [3.05, 3.63) is 0 Å². The summed E-state index contributed by atoms with van der Waals surface area (Å²) in [6, 6.07) is 0. The largest absolute Gasteiger partial charge is 0.0683 e. The van der Waals surface area contributed by atoms with Crippen LogP contribution in [0.2, 0.25) is 0 Å². The first-order valence-corrected chi connectivity index (χ1v) is 8.61. The molecule has 0 saturated heterocycles. The summed E-state index contributed by atoms with van der Waals surface area (Å²) in [4.78, 5) is 0. The third kappa shape index (κ3) is 18.4. The van der Waals surface area contributed by atoms with E-state index in [0.717, 1.165) is 5.92 Å². The van der Waals surface area contributed by atoms with Gasteiger partial charge in [0, 0.05) is 0 Å². The second-order valence-corrected chi connectivity index (χ2v) is 4.70. The molecule has 0 aromatic heterocycles. The second kappa shape index (κ2) is 22.2. The predicted molar refractivity (Wildman–Crippen MR) is 91.4 cm³/mol. The number of rotatable bonds is 0. The van der Waals surface area contributed by atoms with Crippen LogP contribution in [-0.2, 0) is 0 Å². The average molecular weight is 261 g/mol. The van der Waals surface area contributed by atoms with Crippen LogP contribution in [0, 0.1) is 11.3 Å². The fraction of sp³-hybridized carbons (Fsp3) is 1.00. The van der Waals surface area contributed by atoms with E-state index in [9.17, 15) is 0 Å². The predicted octanol–water partition coefficient (Wildman–Crippen LogP) is 7.72. The molecule has 0 spiro atoms. The minimum Gasteiger partial charge on any atom is -0.0683 e. The third-order valence-corrected chi connectivity index (χ3v) is 2.83. The topological polar surface area (TPSA) is 0 Å². The molecule has 0 aromatic carbocycles. The van der Waals surface area contributed by atoms with E-state index in [4.69, 9.17) is 0 Å². The van der Waals surface area contributed by atoms with E-state index in [-0.39, 0.29) is 0 Å². The van der Waals surface area contributed by atoms with E-state index in [1.54, 1.807) is 0 Å². The molecule has 0 atom stereocenters. The smallest absolute Gasteiger partial charge is 0.0354 e. The van der Waals surface area contributed by atoms with Crippen LogP contribution in [0.3, 0.4) is 0 Å². The van der Waals surface area contributed by atoms with Crippen molar-refractivity contribution >= 4 is 0 Å². The SMILES string of the molecule is CC.CC.CC.CC.CC(C)(C)C1CCCCC1. The van der Waals surface area contributed by atoms with Gasteiger partial charge in [-0.05, 0) is 24.2 Å². The Balaban J connectivity index is -0.000000105. The van der Waals surface area contributed by atoms with Gasteiger partial charge in [0.1, 0.15) is 0 Å². The lowest BCUT2D eigenvalue weighted by atomic mass is 9.72. The van der Waals surface area contributed by atoms with Gasteiger partial charge in [0.25, 0.3) is 0 Å². The molecule has 0 amide bonds. The van der Waals surface area contributed by atoms with Crippen LogP contribution in [0.5, 0.6) is 0 Å². The first kappa shape index (κ1) is 26.5. The van der Waals surface area contributed by atoms with Gasteiger partial charge in [0.05, 0.1) is 0 Å². The molecule has 1 rings (SSSR count). The van der Waals surface area contributed by atoms with Crippen molar-refractivity contribution in [1.29, 1.82) is 0 Å². The van der Waals surface area contributed by atoms with Gasteiger partial charge in [-0.15, -0.1) is 0 Å². The highest BCUT2D eigenvalue weighted by Gasteiger charge is 2.25. The zero-order valence-electron chi connectivity index (χ0n) is 15.6. The Labute approximate surface area is 120 Å². The van der Waals surface area contributed by atoms with Crippen LogP contribution < -0.4 is 0 Å². The van der Waals surface area contributed by atoms with Crippen LogP contribution in [0.25, 0.3) is 0 Å². The first-order chi connectivity index (χ1) is 8.61. The maximum absolute atomic E-state index is 2.38. The van der Waals surface area contributed by atoms with Gasteiger partial charge in [-0.3, -0.25) is 0 Å². The monoisotopic (exact) mass is 260 g/mol. The highest BCUT2D eigenvalue weighted by molar-refractivity contribution is 4.76. The summed E-state index contributed by atoms with van der Waals surface area (Å²) in [5.41, 5.74) is 0.570. The quantitative estimate of drug-likeness (QED) is 0.418. The normalized spacial score (nSPS) is 14.2. The molecule has 0 heterocycles. The van der Waals surface area contributed by atoms with Crippen molar-refractivity contribution in [2.75, 3.05) is 0 Å². The van der Waals surface area contributed by atoms with Crippen LogP contribution in [0.4, 0.5) is 0 Å². The van der Waals surface area contributed by atoms with Gasteiger partial charge in [-0.25, -0.2) is 0 Å². The number of hydrogen-bond donors (Lipinski definition) is 0. The minimum atomic E-state index is 0.570. The van der Waals surface area contributed by atoms with Crippen LogP contribution in [0.15, 0.2) is 0 Å². The molecule has 1 fully saturated rings. The molecule has 0 aromatic rings. The lowest BCUT2D eigenvalue weighted by Gasteiger charge is -2.33. The fourth-order valence-corrected chi connectivity index (χ4v) is 1.97. The van der Waals surface area contributed by atoms with E-state index in [0.29, 0.717) is 5.41 Å². The summed E-state index contributed by atoms with van der Waals surface area (Å²) in [6.07, 6.45) is 7.38. The van der Waals surface area contributed by atoms with E-state index < -0.39 is 0 Å². The van der Waals surface area contributed by atoms with Crippen molar-refractivity contribution in [3.63, 3.8) is 0 Å². The van der Waals surface area contributed by atoms with E-state index in [2.05, 4.69) is 20.8 Å². The van der Waals surface area contributed by atoms with E-state index in [1.165, 1.54) is 32.1 Å². The van der Waals surface area contributed by atoms with Gasteiger partial charge in [0.15, 0.2) is 0 Å². The summed E-state index contributed by atoms with van der Waals surface area (Å²) in [5.74, 6) is 1.00. The van der Waals surface area contributed by atoms with E-state index >= 15 is 0 Å². The third-order valence-electron chi connectivity index (χ3n) is 2.83. The molecule has 18 heavy (non-hydrogen) atoms. The highest BCUT2D eigenvalue weighted by atomic mass is 14.3. The van der Waals surface area contributed by atoms with Gasteiger partial charge in [-0.1, -0.05) is 95.4 Å². The maximum atomic E-state index is 2.38. The molecule has 1 aliphatic rings. The minimum absolute atomic E-state index is 0.570. The Bertz CT molecular complexity index is 91.1. The van der Waals surface area contributed by atoms with Crippen molar-refractivity contribution in [2.24, 2.45) is 11.3 Å². The van der Waals surface area contributed by atoms with E-state index in [1.807, 2.05) is 55.4 Å². The summed E-state index contributed by atoms with van der Waals surface area (Å²) in [6.45, 7) is 23.1. The standard InChI is InChI=1S/C10H20.4C2H6/c1-10(2,3)9-7-5-4-6-8-9;4*1-2/h9H,4-8H2,1-3H3;4*1-2H3. The summed E-state index contributed by atoms with van der Waals surface area (Å²) in [7, 11) is 0. The molecule has 1 aliphatic carbocycles. The fourth-order valence-electron chi connectivity index (χ4n) is 1.97. The van der Waals surface area contributed by atoms with Crippen LogP contribution >= 0.6 is 0 Å². The van der Waals surface area contributed by atoms with Crippen molar-refractivity contribution in [1.82, 2.24) is 0 Å². The second-order valence-electron chi connectivity index (χ2n) is 4.70. The molecule has 0 N–H and O–H groups in total. The van der Waals surface area contributed by atoms with Gasteiger partial charge < -0.3 is 0 Å². The molecule has 0 unspecified atom stereocenters. The van der Waals surface area contributed by atoms with Crippen molar-refractivity contribution < 1.29 is 0 Å².